The fourth-order valence-corrected chi connectivity index (χ4v) is 3.86. The van der Waals surface area contributed by atoms with E-state index in [4.69, 9.17) is 16.3 Å². The van der Waals surface area contributed by atoms with Crippen molar-refractivity contribution in [1.82, 2.24) is 15.0 Å². The van der Waals surface area contributed by atoms with E-state index in [1.807, 2.05) is 6.92 Å². The summed E-state index contributed by atoms with van der Waals surface area (Å²) < 4.78 is 33.2. The number of hydrogen-bond acceptors (Lipinski definition) is 5. The lowest BCUT2D eigenvalue weighted by Gasteiger charge is -2.11. The third-order valence-electron chi connectivity index (χ3n) is 3.61. The summed E-state index contributed by atoms with van der Waals surface area (Å²) in [5.74, 6) is 0.786. The van der Waals surface area contributed by atoms with Crippen molar-refractivity contribution in [3.05, 3.63) is 41.4 Å². The molecule has 0 unspecified atom stereocenters. The Kier molecular flexibility index (Phi) is 4.82. The molecule has 0 aliphatic rings. The smallest absolute Gasteiger partial charge is 0.264 e. The van der Waals surface area contributed by atoms with E-state index in [0.717, 1.165) is 6.42 Å². The number of hydrogen-bond donors (Lipinski definition) is 2. The number of aromatic amines is 1. The highest BCUT2D eigenvalue weighted by Gasteiger charge is 2.21. The number of nitrogens with one attached hydrogen (secondary N) is 2. The predicted octanol–water partition coefficient (Wildman–Crippen LogP) is 3.37. The van der Waals surface area contributed by atoms with Crippen molar-refractivity contribution < 1.29 is 13.2 Å². The van der Waals surface area contributed by atoms with Crippen molar-refractivity contribution in [2.24, 2.45) is 0 Å². The number of halogens is 1. The minimum absolute atomic E-state index is 0.110. The summed E-state index contributed by atoms with van der Waals surface area (Å²) in [6, 6.07) is 4.96. The Hall–Kier alpha value is -2.32. The van der Waals surface area contributed by atoms with Crippen LogP contribution in [-0.4, -0.2) is 30.5 Å². The highest BCUT2D eigenvalue weighted by Crippen LogP contribution is 2.29. The van der Waals surface area contributed by atoms with Crippen LogP contribution in [0.25, 0.3) is 10.9 Å². The molecule has 2 N–H and O–H groups in total. The summed E-state index contributed by atoms with van der Waals surface area (Å²) >= 11 is 5.93. The predicted molar refractivity (Wildman–Crippen MR) is 96.7 cm³/mol. The highest BCUT2D eigenvalue weighted by atomic mass is 35.5. The second-order valence-electron chi connectivity index (χ2n) is 5.41. The summed E-state index contributed by atoms with van der Waals surface area (Å²) in [7, 11) is -2.42. The van der Waals surface area contributed by atoms with Crippen LogP contribution in [0.15, 0.2) is 35.5 Å². The molecule has 0 bridgehead atoms. The Morgan fingerprint density at radius 1 is 1.36 bits per heavy atom. The van der Waals surface area contributed by atoms with Crippen LogP contribution in [0.1, 0.15) is 19.2 Å². The lowest BCUT2D eigenvalue weighted by atomic mass is 10.2. The van der Waals surface area contributed by atoms with E-state index in [0.29, 0.717) is 28.2 Å². The second kappa shape index (κ2) is 6.89. The maximum Gasteiger partial charge on any atom is 0.264 e. The van der Waals surface area contributed by atoms with Gasteiger partial charge in [0.25, 0.3) is 10.0 Å². The number of methoxy groups -OCH3 is 1. The van der Waals surface area contributed by atoms with Crippen molar-refractivity contribution in [1.29, 1.82) is 0 Å². The monoisotopic (exact) mass is 380 g/mol. The van der Waals surface area contributed by atoms with Crippen molar-refractivity contribution in [2.75, 3.05) is 11.8 Å². The second-order valence-corrected chi connectivity index (χ2v) is 7.49. The van der Waals surface area contributed by atoms with Crippen LogP contribution in [-0.2, 0) is 16.4 Å². The third kappa shape index (κ3) is 3.54. The van der Waals surface area contributed by atoms with Gasteiger partial charge in [-0.25, -0.2) is 13.4 Å². The number of H-pyrrole nitrogens is 1. The van der Waals surface area contributed by atoms with Crippen LogP contribution >= 0.6 is 11.6 Å². The Bertz CT molecular complexity index is 1020. The quantitative estimate of drug-likeness (QED) is 0.683. The summed E-state index contributed by atoms with van der Waals surface area (Å²) in [5.41, 5.74) is 0.819. The largest absolute Gasteiger partial charge is 0.479 e. The van der Waals surface area contributed by atoms with Crippen molar-refractivity contribution in [2.45, 2.75) is 24.7 Å². The number of fused-ring (bicyclic) bond motifs is 1. The first-order valence-electron chi connectivity index (χ1n) is 7.64. The first-order valence-corrected chi connectivity index (χ1v) is 9.50. The van der Waals surface area contributed by atoms with Gasteiger partial charge in [-0.05, 0) is 24.6 Å². The zero-order valence-corrected chi connectivity index (χ0v) is 15.3. The van der Waals surface area contributed by atoms with E-state index in [9.17, 15) is 8.42 Å². The van der Waals surface area contributed by atoms with Gasteiger partial charge in [-0.15, -0.1) is 0 Å². The molecule has 2 heterocycles. The zero-order valence-electron chi connectivity index (χ0n) is 13.7. The van der Waals surface area contributed by atoms with Crippen LogP contribution < -0.4 is 9.46 Å². The van der Waals surface area contributed by atoms with Crippen molar-refractivity contribution in [3.63, 3.8) is 0 Å². The van der Waals surface area contributed by atoms with Gasteiger partial charge >= 0.3 is 0 Å². The van der Waals surface area contributed by atoms with Gasteiger partial charge in [-0.1, -0.05) is 18.5 Å². The molecule has 0 radical (unpaired) electrons. The minimum Gasteiger partial charge on any atom is -0.479 e. The SMILES string of the molecule is CCCc1ncc(NS(=O)(=O)c2c[nH]c3cc(Cl)ccc23)c(OC)n1. The first-order chi connectivity index (χ1) is 11.9. The number of benzene rings is 1. The number of aromatic nitrogens is 3. The molecule has 0 saturated carbocycles. The van der Waals surface area contributed by atoms with E-state index in [1.165, 1.54) is 19.5 Å². The Labute approximate surface area is 150 Å². The maximum atomic E-state index is 12.8. The van der Waals surface area contributed by atoms with Crippen LogP contribution in [0.3, 0.4) is 0 Å². The Morgan fingerprint density at radius 2 is 2.16 bits per heavy atom. The highest BCUT2D eigenvalue weighted by molar-refractivity contribution is 7.93. The molecule has 0 aliphatic carbocycles. The molecule has 0 spiro atoms. The average Bonchev–Trinajstić information content (AvgIpc) is 3.00. The van der Waals surface area contributed by atoms with Gasteiger partial charge in [-0.2, -0.15) is 4.98 Å². The molecule has 0 atom stereocenters. The van der Waals surface area contributed by atoms with Crippen LogP contribution in [0.2, 0.25) is 5.02 Å². The number of rotatable bonds is 6. The standard InChI is InChI=1S/C16H17ClN4O3S/c1-3-4-15-19-8-13(16(20-15)24-2)21-25(22,23)14-9-18-12-7-10(17)5-6-11(12)14/h5-9,18,21H,3-4H2,1-2H3. The summed E-state index contributed by atoms with van der Waals surface area (Å²) in [6.07, 6.45) is 4.40. The van der Waals surface area contributed by atoms with E-state index in [1.54, 1.807) is 18.2 Å². The Balaban J connectivity index is 1.98. The fraction of sp³-hybridized carbons (Fsp3) is 0.250. The molecule has 9 heteroatoms. The molecule has 25 heavy (non-hydrogen) atoms. The van der Waals surface area contributed by atoms with Crippen molar-refractivity contribution in [3.8, 4) is 5.88 Å². The number of aryl methyl sites for hydroxylation is 1. The van der Waals surface area contributed by atoms with E-state index in [-0.39, 0.29) is 16.5 Å². The number of sulfonamides is 1. The number of ether oxygens (including phenoxy) is 1. The fourth-order valence-electron chi connectivity index (χ4n) is 2.46. The van der Waals surface area contributed by atoms with Gasteiger partial charge in [0, 0.05) is 28.5 Å². The van der Waals surface area contributed by atoms with Crippen LogP contribution in [0.4, 0.5) is 5.69 Å². The van der Waals surface area contributed by atoms with Crippen LogP contribution in [0, 0.1) is 0 Å². The van der Waals surface area contributed by atoms with Gasteiger partial charge in [0.1, 0.15) is 16.4 Å². The van der Waals surface area contributed by atoms with Crippen LogP contribution in [0.5, 0.6) is 5.88 Å². The molecule has 0 saturated heterocycles. The van der Waals surface area contributed by atoms with Gasteiger partial charge < -0.3 is 9.72 Å². The molecule has 7 nitrogen and oxygen atoms in total. The summed E-state index contributed by atoms with van der Waals surface area (Å²) in [6.45, 7) is 2.01. The molecule has 0 amide bonds. The first kappa shape index (κ1) is 17.5. The Morgan fingerprint density at radius 3 is 2.88 bits per heavy atom. The molecule has 0 aliphatic heterocycles. The molecule has 3 aromatic rings. The summed E-state index contributed by atoms with van der Waals surface area (Å²) in [4.78, 5) is 11.4. The van der Waals surface area contributed by atoms with Gasteiger partial charge in [-0.3, -0.25) is 4.72 Å². The summed E-state index contributed by atoms with van der Waals surface area (Å²) in [5, 5.41) is 1.06. The van der Waals surface area contributed by atoms with E-state index >= 15 is 0 Å². The van der Waals surface area contributed by atoms with E-state index < -0.39 is 10.0 Å². The maximum absolute atomic E-state index is 12.8. The third-order valence-corrected chi connectivity index (χ3v) is 5.25. The number of nitrogens with zero attached hydrogens (tertiary/aromatic N) is 2. The van der Waals surface area contributed by atoms with Crippen molar-refractivity contribution >= 4 is 38.2 Å². The lowest BCUT2D eigenvalue weighted by Crippen LogP contribution is -2.14. The zero-order chi connectivity index (χ0) is 18.0. The van der Waals surface area contributed by atoms with Gasteiger partial charge in [0.15, 0.2) is 0 Å². The average molecular weight is 381 g/mol. The topological polar surface area (TPSA) is 97.0 Å². The molecule has 0 fully saturated rings. The molecule has 3 rings (SSSR count). The minimum atomic E-state index is -3.85. The molecule has 1 aromatic carbocycles. The molecule has 2 aromatic heterocycles. The van der Waals surface area contributed by atoms with E-state index in [2.05, 4.69) is 19.7 Å². The normalized spacial score (nSPS) is 11.6. The molecular weight excluding hydrogens is 364 g/mol. The molecular formula is C16H17ClN4O3S. The lowest BCUT2D eigenvalue weighted by molar-refractivity contribution is 0.397. The van der Waals surface area contributed by atoms with Gasteiger partial charge in [0.05, 0.1) is 13.3 Å². The molecule has 132 valence electrons. The number of anilines is 1. The van der Waals surface area contributed by atoms with Gasteiger partial charge in [0.2, 0.25) is 5.88 Å².